The number of aromatic carboxylic acids is 1. The molecule has 0 aromatic heterocycles. The van der Waals surface area contributed by atoms with Crippen LogP contribution in [0.1, 0.15) is 26.3 Å². The molecule has 0 heterocycles. The Morgan fingerprint density at radius 2 is 1.84 bits per heavy atom. The van der Waals surface area contributed by atoms with E-state index in [1.807, 2.05) is 0 Å². The maximum absolute atomic E-state index is 11.6. The molecule has 0 atom stereocenters. The molecule has 0 spiro atoms. The molecule has 2 aromatic carbocycles. The van der Waals surface area contributed by atoms with Crippen LogP contribution in [0.4, 0.5) is 0 Å². The standard InChI is InChI=1S/C14H12O5/c1-7-10-5-8(13(16)17)3-4-9(10)12(15)6-11(7)14(18)19-2/h3-6,15H,1-2H3,(H,16,17). The topological polar surface area (TPSA) is 83.8 Å². The van der Waals surface area contributed by atoms with E-state index in [9.17, 15) is 14.7 Å². The number of aryl methyl sites for hydroxylation is 1. The molecule has 19 heavy (non-hydrogen) atoms. The minimum atomic E-state index is -1.07. The maximum atomic E-state index is 11.6. The smallest absolute Gasteiger partial charge is 0.338 e. The molecule has 5 heteroatoms. The second-order valence-electron chi connectivity index (χ2n) is 4.13. The molecule has 5 nitrogen and oxygen atoms in total. The summed E-state index contributed by atoms with van der Waals surface area (Å²) in [5.74, 6) is -1.72. The Balaban J connectivity index is 2.81. The molecular formula is C14H12O5. The monoisotopic (exact) mass is 260 g/mol. The summed E-state index contributed by atoms with van der Waals surface area (Å²) in [6, 6.07) is 5.67. The van der Waals surface area contributed by atoms with E-state index in [1.165, 1.54) is 31.4 Å². The summed E-state index contributed by atoms with van der Waals surface area (Å²) in [5, 5.41) is 19.9. The lowest BCUT2D eigenvalue weighted by Gasteiger charge is -2.10. The molecule has 0 saturated heterocycles. The molecule has 0 aliphatic carbocycles. The Bertz CT molecular complexity index is 688. The first-order valence-corrected chi connectivity index (χ1v) is 5.53. The molecule has 0 aliphatic rings. The first-order valence-electron chi connectivity index (χ1n) is 5.53. The zero-order valence-electron chi connectivity index (χ0n) is 10.4. The van der Waals surface area contributed by atoms with Gasteiger partial charge in [-0.05, 0) is 42.1 Å². The molecule has 2 N–H and O–H groups in total. The number of esters is 1. The van der Waals surface area contributed by atoms with Crippen molar-refractivity contribution in [3.05, 3.63) is 41.0 Å². The van der Waals surface area contributed by atoms with Gasteiger partial charge in [0.15, 0.2) is 0 Å². The third-order valence-corrected chi connectivity index (χ3v) is 3.04. The first kappa shape index (κ1) is 12.9. The number of carboxylic acids is 1. The molecular weight excluding hydrogens is 248 g/mol. The fraction of sp³-hybridized carbons (Fsp3) is 0.143. The van der Waals surface area contributed by atoms with Gasteiger partial charge in [-0.25, -0.2) is 9.59 Å². The van der Waals surface area contributed by atoms with Gasteiger partial charge in [0.2, 0.25) is 0 Å². The number of carbonyl (C=O) groups excluding carboxylic acids is 1. The number of benzene rings is 2. The van der Waals surface area contributed by atoms with E-state index in [0.29, 0.717) is 16.3 Å². The number of hydrogen-bond acceptors (Lipinski definition) is 4. The molecule has 0 bridgehead atoms. The first-order chi connectivity index (χ1) is 8.95. The summed E-state index contributed by atoms with van der Waals surface area (Å²) < 4.78 is 4.63. The molecule has 0 radical (unpaired) electrons. The van der Waals surface area contributed by atoms with E-state index in [0.717, 1.165) is 0 Å². The van der Waals surface area contributed by atoms with Crippen LogP contribution in [0.25, 0.3) is 10.8 Å². The van der Waals surface area contributed by atoms with E-state index in [4.69, 9.17) is 5.11 Å². The van der Waals surface area contributed by atoms with Gasteiger partial charge in [0.05, 0.1) is 18.2 Å². The molecule has 0 aliphatic heterocycles. The normalized spacial score (nSPS) is 10.4. The van der Waals surface area contributed by atoms with Crippen molar-refractivity contribution in [3.8, 4) is 5.75 Å². The molecule has 0 amide bonds. The molecule has 0 unspecified atom stereocenters. The Labute approximate surface area is 109 Å². The number of hydrogen-bond donors (Lipinski definition) is 2. The van der Waals surface area contributed by atoms with Crippen molar-refractivity contribution < 1.29 is 24.5 Å². The van der Waals surface area contributed by atoms with Gasteiger partial charge < -0.3 is 14.9 Å². The van der Waals surface area contributed by atoms with Gasteiger partial charge in [-0.2, -0.15) is 0 Å². The van der Waals surface area contributed by atoms with Crippen LogP contribution in [-0.2, 0) is 4.74 Å². The van der Waals surface area contributed by atoms with Crippen molar-refractivity contribution in [2.45, 2.75) is 6.92 Å². The highest BCUT2D eigenvalue weighted by Gasteiger charge is 2.16. The fourth-order valence-electron chi connectivity index (χ4n) is 2.00. The van der Waals surface area contributed by atoms with Gasteiger partial charge in [0.1, 0.15) is 5.75 Å². The summed E-state index contributed by atoms with van der Waals surface area (Å²) in [6.45, 7) is 1.68. The minimum absolute atomic E-state index is 0.0852. The van der Waals surface area contributed by atoms with Crippen LogP contribution in [0.15, 0.2) is 24.3 Å². The van der Waals surface area contributed by atoms with E-state index in [2.05, 4.69) is 4.74 Å². The predicted molar refractivity (Wildman–Crippen MR) is 68.6 cm³/mol. The van der Waals surface area contributed by atoms with E-state index < -0.39 is 11.9 Å². The Morgan fingerprint density at radius 3 is 2.42 bits per heavy atom. The number of fused-ring (bicyclic) bond motifs is 1. The van der Waals surface area contributed by atoms with E-state index in [1.54, 1.807) is 6.92 Å². The van der Waals surface area contributed by atoms with Crippen molar-refractivity contribution in [1.82, 2.24) is 0 Å². The van der Waals surface area contributed by atoms with Gasteiger partial charge in [-0.1, -0.05) is 0 Å². The molecule has 98 valence electrons. The number of aromatic hydroxyl groups is 1. The second kappa shape index (κ2) is 4.61. The lowest BCUT2D eigenvalue weighted by Crippen LogP contribution is -2.04. The average Bonchev–Trinajstić information content (AvgIpc) is 2.41. The van der Waals surface area contributed by atoms with Crippen LogP contribution in [0.2, 0.25) is 0 Å². The molecule has 0 saturated carbocycles. The van der Waals surface area contributed by atoms with Gasteiger partial charge in [0, 0.05) is 5.39 Å². The maximum Gasteiger partial charge on any atom is 0.338 e. The van der Waals surface area contributed by atoms with E-state index in [-0.39, 0.29) is 16.9 Å². The summed E-state index contributed by atoms with van der Waals surface area (Å²) in [4.78, 5) is 22.6. The Morgan fingerprint density at radius 1 is 1.16 bits per heavy atom. The van der Waals surface area contributed by atoms with Gasteiger partial charge in [0.25, 0.3) is 0 Å². The number of phenols is 1. The quantitative estimate of drug-likeness (QED) is 0.809. The summed E-state index contributed by atoms with van der Waals surface area (Å²) >= 11 is 0. The summed E-state index contributed by atoms with van der Waals surface area (Å²) in [5.41, 5.74) is 0.884. The van der Waals surface area contributed by atoms with Crippen LogP contribution in [0.3, 0.4) is 0 Å². The Kier molecular flexibility index (Phi) is 3.12. The summed E-state index contributed by atoms with van der Waals surface area (Å²) in [7, 11) is 1.25. The Hall–Kier alpha value is -2.56. The zero-order chi connectivity index (χ0) is 14.2. The van der Waals surface area contributed by atoms with Crippen molar-refractivity contribution in [2.75, 3.05) is 7.11 Å². The van der Waals surface area contributed by atoms with Crippen LogP contribution in [0.5, 0.6) is 5.75 Å². The lowest BCUT2D eigenvalue weighted by atomic mass is 9.97. The van der Waals surface area contributed by atoms with Crippen LogP contribution >= 0.6 is 0 Å². The zero-order valence-corrected chi connectivity index (χ0v) is 10.4. The van der Waals surface area contributed by atoms with Crippen LogP contribution in [-0.4, -0.2) is 29.3 Å². The molecule has 2 rings (SSSR count). The molecule has 2 aromatic rings. The second-order valence-corrected chi connectivity index (χ2v) is 4.13. The van der Waals surface area contributed by atoms with Crippen molar-refractivity contribution in [2.24, 2.45) is 0 Å². The SMILES string of the molecule is COC(=O)c1cc(O)c2ccc(C(=O)O)cc2c1C. The van der Waals surface area contributed by atoms with Crippen LogP contribution < -0.4 is 0 Å². The number of methoxy groups -OCH3 is 1. The van der Waals surface area contributed by atoms with Crippen molar-refractivity contribution in [1.29, 1.82) is 0 Å². The van der Waals surface area contributed by atoms with Gasteiger partial charge >= 0.3 is 11.9 Å². The largest absolute Gasteiger partial charge is 0.507 e. The van der Waals surface area contributed by atoms with E-state index >= 15 is 0 Å². The number of phenolic OH excluding ortho intramolecular Hbond substituents is 1. The van der Waals surface area contributed by atoms with Crippen molar-refractivity contribution in [3.63, 3.8) is 0 Å². The predicted octanol–water partition coefficient (Wildman–Crippen LogP) is 2.34. The molecule has 0 fully saturated rings. The number of rotatable bonds is 2. The average molecular weight is 260 g/mol. The van der Waals surface area contributed by atoms with Gasteiger partial charge in [-0.3, -0.25) is 0 Å². The number of carbonyl (C=O) groups is 2. The summed E-state index contributed by atoms with van der Waals surface area (Å²) in [6.07, 6.45) is 0. The lowest BCUT2D eigenvalue weighted by molar-refractivity contribution is 0.0599. The number of ether oxygens (including phenoxy) is 1. The van der Waals surface area contributed by atoms with Crippen LogP contribution in [0, 0.1) is 6.92 Å². The number of carboxylic acid groups (broad SMARTS) is 1. The van der Waals surface area contributed by atoms with Crippen molar-refractivity contribution >= 4 is 22.7 Å². The van der Waals surface area contributed by atoms with Gasteiger partial charge in [-0.15, -0.1) is 0 Å². The highest BCUT2D eigenvalue weighted by atomic mass is 16.5. The third-order valence-electron chi connectivity index (χ3n) is 3.04. The fourth-order valence-corrected chi connectivity index (χ4v) is 2.00. The highest BCUT2D eigenvalue weighted by Crippen LogP contribution is 2.31. The highest BCUT2D eigenvalue weighted by molar-refractivity contribution is 6.03. The minimum Gasteiger partial charge on any atom is -0.507 e. The third kappa shape index (κ3) is 2.10.